The van der Waals surface area contributed by atoms with Gasteiger partial charge in [0.25, 0.3) is 0 Å². The summed E-state index contributed by atoms with van der Waals surface area (Å²) in [7, 11) is -3.30. The number of fused-ring (bicyclic) bond motifs is 1. The van der Waals surface area contributed by atoms with E-state index < -0.39 is 16.4 Å². The third-order valence-corrected chi connectivity index (χ3v) is 6.24. The number of alkyl halides is 2. The fraction of sp³-hybridized carbons (Fsp3) is 0.316. The third kappa shape index (κ3) is 4.82. The van der Waals surface area contributed by atoms with Crippen molar-refractivity contribution >= 4 is 15.7 Å². The Morgan fingerprint density at radius 2 is 1.85 bits per heavy atom. The molecule has 0 saturated carbocycles. The summed E-state index contributed by atoms with van der Waals surface area (Å²) in [6.07, 6.45) is 0.985. The Hall–Kier alpha value is -2.48. The van der Waals surface area contributed by atoms with Gasteiger partial charge in [-0.15, -0.1) is 0 Å². The second-order valence-corrected chi connectivity index (χ2v) is 8.37. The molecule has 0 fully saturated rings. The molecule has 1 aliphatic rings. The van der Waals surface area contributed by atoms with Crippen molar-refractivity contribution in [1.82, 2.24) is 5.32 Å². The number of carbonyl (C=O) groups is 1. The lowest BCUT2D eigenvalue weighted by Crippen LogP contribution is -2.34. The predicted molar refractivity (Wildman–Crippen MR) is 95.4 cm³/mol. The second-order valence-electron chi connectivity index (χ2n) is 6.29. The van der Waals surface area contributed by atoms with E-state index in [9.17, 15) is 22.0 Å². The Bertz CT molecular complexity index is 914. The van der Waals surface area contributed by atoms with Gasteiger partial charge < -0.3 is 10.1 Å². The van der Waals surface area contributed by atoms with Gasteiger partial charge in [0.05, 0.1) is 16.7 Å². The summed E-state index contributed by atoms with van der Waals surface area (Å²) >= 11 is 0. The normalized spacial score (nSPS) is 18.0. The SMILES string of the molecule is O=C(CCc1ccc(OC(F)F)cc1)NC1CCS(=O)(=O)c2ccccc21. The first-order valence-electron chi connectivity index (χ1n) is 8.50. The number of hydrogen-bond acceptors (Lipinski definition) is 4. The highest BCUT2D eigenvalue weighted by molar-refractivity contribution is 7.91. The van der Waals surface area contributed by atoms with Crippen LogP contribution >= 0.6 is 0 Å². The molecule has 1 aliphatic heterocycles. The van der Waals surface area contributed by atoms with Crippen molar-refractivity contribution in [3.8, 4) is 5.75 Å². The maximum absolute atomic E-state index is 12.3. The predicted octanol–water partition coefficient (Wildman–Crippen LogP) is 3.26. The molecule has 3 rings (SSSR count). The molecule has 5 nitrogen and oxygen atoms in total. The number of rotatable bonds is 6. The molecule has 0 aromatic heterocycles. The Morgan fingerprint density at radius 1 is 1.15 bits per heavy atom. The van der Waals surface area contributed by atoms with E-state index in [2.05, 4.69) is 10.1 Å². The van der Waals surface area contributed by atoms with Crippen molar-refractivity contribution in [2.45, 2.75) is 36.8 Å². The minimum absolute atomic E-state index is 0.000555. The molecular formula is C19H19F2NO4S. The van der Waals surface area contributed by atoms with Gasteiger partial charge in [-0.1, -0.05) is 30.3 Å². The van der Waals surface area contributed by atoms with Gasteiger partial charge in [0, 0.05) is 6.42 Å². The van der Waals surface area contributed by atoms with E-state index in [0.717, 1.165) is 5.56 Å². The molecule has 0 saturated heterocycles. The molecule has 2 aromatic rings. The van der Waals surface area contributed by atoms with Crippen LogP contribution in [0.3, 0.4) is 0 Å². The van der Waals surface area contributed by atoms with Gasteiger partial charge in [0.1, 0.15) is 5.75 Å². The first-order chi connectivity index (χ1) is 12.8. The summed E-state index contributed by atoms with van der Waals surface area (Å²) in [6.45, 7) is -2.87. The van der Waals surface area contributed by atoms with E-state index in [1.807, 2.05) is 0 Å². The number of hydrogen-bond donors (Lipinski definition) is 1. The van der Waals surface area contributed by atoms with Crippen LogP contribution in [-0.2, 0) is 21.1 Å². The number of carbonyl (C=O) groups excluding carboxylic acids is 1. The summed E-state index contributed by atoms with van der Waals surface area (Å²) in [5.74, 6) is -0.124. The molecule has 0 bridgehead atoms. The number of benzene rings is 2. The highest BCUT2D eigenvalue weighted by Crippen LogP contribution is 2.31. The molecule has 8 heteroatoms. The van der Waals surface area contributed by atoms with Crippen LogP contribution in [-0.4, -0.2) is 26.7 Å². The molecule has 1 atom stereocenters. The number of amides is 1. The molecule has 2 aromatic carbocycles. The topological polar surface area (TPSA) is 72.5 Å². The molecule has 0 spiro atoms. The number of sulfone groups is 1. The van der Waals surface area contributed by atoms with Crippen molar-refractivity contribution in [3.05, 3.63) is 59.7 Å². The summed E-state index contributed by atoms with van der Waals surface area (Å²) in [6, 6.07) is 12.5. The maximum Gasteiger partial charge on any atom is 0.387 e. The van der Waals surface area contributed by atoms with E-state index in [-0.39, 0.29) is 34.8 Å². The molecule has 0 radical (unpaired) electrons. The standard InChI is InChI=1S/C19H19F2NO4S/c20-19(21)26-14-8-5-13(6-9-14)7-10-18(23)22-16-11-12-27(24,25)17-4-2-1-3-15(16)17/h1-6,8-9,16,19H,7,10-12H2,(H,22,23). The maximum atomic E-state index is 12.3. The molecule has 1 unspecified atom stereocenters. The number of aryl methyl sites for hydroxylation is 1. The third-order valence-electron chi connectivity index (χ3n) is 4.43. The summed E-state index contributed by atoms with van der Waals surface area (Å²) in [5, 5.41) is 2.89. The molecular weight excluding hydrogens is 376 g/mol. The van der Waals surface area contributed by atoms with Gasteiger partial charge in [-0.2, -0.15) is 8.78 Å². The summed E-state index contributed by atoms with van der Waals surface area (Å²) in [5.41, 5.74) is 1.43. The Morgan fingerprint density at radius 3 is 2.56 bits per heavy atom. The lowest BCUT2D eigenvalue weighted by atomic mass is 10.0. The highest BCUT2D eigenvalue weighted by Gasteiger charge is 2.30. The van der Waals surface area contributed by atoms with Gasteiger partial charge in [-0.25, -0.2) is 8.42 Å². The minimum atomic E-state index is -3.30. The molecule has 144 valence electrons. The monoisotopic (exact) mass is 395 g/mol. The first kappa shape index (κ1) is 19.3. The van der Waals surface area contributed by atoms with E-state index in [1.54, 1.807) is 36.4 Å². The molecule has 1 heterocycles. The number of halogens is 2. The van der Waals surface area contributed by atoms with Crippen LogP contribution in [0.1, 0.15) is 30.0 Å². The van der Waals surface area contributed by atoms with Crippen LogP contribution < -0.4 is 10.1 Å². The van der Waals surface area contributed by atoms with E-state index in [4.69, 9.17) is 0 Å². The zero-order valence-electron chi connectivity index (χ0n) is 14.4. The van der Waals surface area contributed by atoms with E-state index in [1.165, 1.54) is 12.1 Å². The van der Waals surface area contributed by atoms with Crippen molar-refractivity contribution in [2.24, 2.45) is 0 Å². The van der Waals surface area contributed by atoms with Crippen LogP contribution in [0.25, 0.3) is 0 Å². The lowest BCUT2D eigenvalue weighted by molar-refractivity contribution is -0.121. The quantitative estimate of drug-likeness (QED) is 0.815. The fourth-order valence-electron chi connectivity index (χ4n) is 3.10. The van der Waals surface area contributed by atoms with Crippen molar-refractivity contribution in [1.29, 1.82) is 0 Å². The average molecular weight is 395 g/mol. The number of nitrogens with one attached hydrogen (secondary N) is 1. The fourth-order valence-corrected chi connectivity index (χ4v) is 4.72. The zero-order chi connectivity index (χ0) is 19.4. The summed E-state index contributed by atoms with van der Waals surface area (Å²) < 4.78 is 52.8. The van der Waals surface area contributed by atoms with Gasteiger partial charge >= 0.3 is 6.61 Å². The lowest BCUT2D eigenvalue weighted by Gasteiger charge is -2.26. The van der Waals surface area contributed by atoms with Crippen LogP contribution in [0.5, 0.6) is 5.75 Å². The van der Waals surface area contributed by atoms with Crippen LogP contribution in [0, 0.1) is 0 Å². The molecule has 1 N–H and O–H groups in total. The van der Waals surface area contributed by atoms with Crippen molar-refractivity contribution < 1.29 is 26.7 Å². The van der Waals surface area contributed by atoms with Gasteiger partial charge in [0.15, 0.2) is 9.84 Å². The van der Waals surface area contributed by atoms with Crippen LogP contribution in [0.15, 0.2) is 53.4 Å². The molecule has 27 heavy (non-hydrogen) atoms. The largest absolute Gasteiger partial charge is 0.435 e. The zero-order valence-corrected chi connectivity index (χ0v) is 15.2. The van der Waals surface area contributed by atoms with Gasteiger partial charge in [0.2, 0.25) is 5.91 Å². The molecule has 0 aliphatic carbocycles. The van der Waals surface area contributed by atoms with E-state index >= 15 is 0 Å². The Labute approximate surface area is 156 Å². The molecule has 1 amide bonds. The van der Waals surface area contributed by atoms with Gasteiger partial charge in [-0.05, 0) is 42.2 Å². The van der Waals surface area contributed by atoms with Crippen LogP contribution in [0.2, 0.25) is 0 Å². The number of ether oxygens (including phenoxy) is 1. The smallest absolute Gasteiger partial charge is 0.387 e. The Kier molecular flexibility index (Phi) is 5.74. The van der Waals surface area contributed by atoms with Crippen molar-refractivity contribution in [2.75, 3.05) is 5.75 Å². The Balaban J connectivity index is 1.58. The van der Waals surface area contributed by atoms with Crippen molar-refractivity contribution in [3.63, 3.8) is 0 Å². The second kappa shape index (κ2) is 8.04. The van der Waals surface area contributed by atoms with Crippen LogP contribution in [0.4, 0.5) is 8.78 Å². The summed E-state index contributed by atoms with van der Waals surface area (Å²) in [4.78, 5) is 12.6. The average Bonchev–Trinajstić information content (AvgIpc) is 2.63. The van der Waals surface area contributed by atoms with Gasteiger partial charge in [-0.3, -0.25) is 4.79 Å². The highest BCUT2D eigenvalue weighted by atomic mass is 32.2. The first-order valence-corrected chi connectivity index (χ1v) is 10.2. The van der Waals surface area contributed by atoms with E-state index in [0.29, 0.717) is 18.4 Å². The minimum Gasteiger partial charge on any atom is -0.435 e.